The zero-order valence-corrected chi connectivity index (χ0v) is 9.08. The third kappa shape index (κ3) is 5.99. The monoisotopic (exact) mass is 256 g/mol. The molecule has 0 aliphatic heterocycles. The van der Waals surface area contributed by atoms with Gasteiger partial charge in [0, 0.05) is 0 Å². The molecule has 0 saturated carbocycles. The second-order valence-corrected chi connectivity index (χ2v) is 3.16. The number of aryl methyl sites for hydroxylation is 2. The first-order valence-electron chi connectivity index (χ1n) is 4.46. The lowest BCUT2D eigenvalue weighted by atomic mass is 10.1. The van der Waals surface area contributed by atoms with E-state index in [4.69, 9.17) is 0 Å². The molecule has 0 atom stereocenters. The highest BCUT2D eigenvalue weighted by atomic mass is 19.4. The molecule has 0 heterocycles. The standard InChI is InChI=1S/C8H10.C3F6/c1-7-5-3-4-6-8(7)2;4-1(2(5)6)3(7,8)9/h3-6H,1-2H3;. The molecule has 0 spiro atoms. The van der Waals surface area contributed by atoms with Crippen LogP contribution in [0.5, 0.6) is 0 Å². The van der Waals surface area contributed by atoms with Gasteiger partial charge in [-0.25, -0.2) is 0 Å². The van der Waals surface area contributed by atoms with Gasteiger partial charge in [0.25, 0.3) is 5.83 Å². The molecule has 0 unspecified atom stereocenters. The maximum Gasteiger partial charge on any atom is 0.448 e. The summed E-state index contributed by atoms with van der Waals surface area (Å²) >= 11 is 0. The van der Waals surface area contributed by atoms with E-state index in [9.17, 15) is 26.3 Å². The van der Waals surface area contributed by atoms with Gasteiger partial charge in [-0.1, -0.05) is 24.3 Å². The van der Waals surface area contributed by atoms with E-state index < -0.39 is 18.1 Å². The van der Waals surface area contributed by atoms with Crippen molar-refractivity contribution in [2.45, 2.75) is 20.0 Å². The van der Waals surface area contributed by atoms with Crippen LogP contribution in [0.2, 0.25) is 0 Å². The van der Waals surface area contributed by atoms with Gasteiger partial charge in [-0.15, -0.1) is 0 Å². The fraction of sp³-hybridized carbons (Fsp3) is 0.273. The number of benzene rings is 1. The van der Waals surface area contributed by atoms with Crippen molar-refractivity contribution >= 4 is 0 Å². The van der Waals surface area contributed by atoms with E-state index in [1.807, 2.05) is 0 Å². The maximum atomic E-state index is 11.0. The lowest BCUT2D eigenvalue weighted by Gasteiger charge is -1.98. The fourth-order valence-corrected chi connectivity index (χ4v) is 0.770. The van der Waals surface area contributed by atoms with Crippen LogP contribution in [0.3, 0.4) is 0 Å². The van der Waals surface area contributed by atoms with Crippen molar-refractivity contribution in [3.05, 3.63) is 47.3 Å². The van der Waals surface area contributed by atoms with Crippen molar-refractivity contribution in [2.24, 2.45) is 0 Å². The van der Waals surface area contributed by atoms with Crippen molar-refractivity contribution in [1.29, 1.82) is 0 Å². The van der Waals surface area contributed by atoms with E-state index in [0.29, 0.717) is 0 Å². The second kappa shape index (κ2) is 6.32. The summed E-state index contributed by atoms with van der Waals surface area (Å²) in [5, 5.41) is 0. The van der Waals surface area contributed by atoms with Crippen molar-refractivity contribution in [3.63, 3.8) is 0 Å². The Kier molecular flexibility index (Phi) is 5.78. The van der Waals surface area contributed by atoms with Crippen LogP contribution in [0.1, 0.15) is 11.1 Å². The van der Waals surface area contributed by atoms with Crippen molar-refractivity contribution in [2.75, 3.05) is 0 Å². The van der Waals surface area contributed by atoms with Crippen LogP contribution < -0.4 is 0 Å². The molecule has 0 aliphatic carbocycles. The summed E-state index contributed by atoms with van der Waals surface area (Å²) in [6.45, 7) is 4.24. The Morgan fingerprint density at radius 1 is 0.882 bits per heavy atom. The summed E-state index contributed by atoms with van der Waals surface area (Å²) in [6.07, 6.45) is -8.90. The Labute approximate surface area is 94.6 Å². The van der Waals surface area contributed by atoms with E-state index in [0.717, 1.165) is 0 Å². The molecule has 0 fully saturated rings. The number of alkyl halides is 3. The minimum Gasteiger partial charge on any atom is -0.196 e. The number of rotatable bonds is 0. The normalized spacial score (nSPS) is 10.4. The zero-order valence-electron chi connectivity index (χ0n) is 9.08. The maximum absolute atomic E-state index is 11.0. The van der Waals surface area contributed by atoms with Gasteiger partial charge in [0.15, 0.2) is 0 Å². The molecular formula is C11H10F6. The van der Waals surface area contributed by atoms with Gasteiger partial charge in [0.2, 0.25) is 0 Å². The summed E-state index contributed by atoms with van der Waals surface area (Å²) < 4.78 is 64.8. The second-order valence-electron chi connectivity index (χ2n) is 3.16. The highest BCUT2D eigenvalue weighted by Gasteiger charge is 2.38. The Bertz CT molecular complexity index is 366. The van der Waals surface area contributed by atoms with Crippen LogP contribution in [-0.2, 0) is 0 Å². The minimum absolute atomic E-state index is 1.37. The van der Waals surface area contributed by atoms with Crippen LogP contribution in [0, 0.1) is 13.8 Å². The third-order valence-electron chi connectivity index (χ3n) is 1.84. The lowest BCUT2D eigenvalue weighted by molar-refractivity contribution is -0.113. The summed E-state index contributed by atoms with van der Waals surface area (Å²) in [5.74, 6) is -3.33. The molecule has 0 nitrogen and oxygen atoms in total. The predicted molar refractivity (Wildman–Crippen MR) is 52.3 cm³/mol. The average Bonchev–Trinajstić information content (AvgIpc) is 2.21. The first kappa shape index (κ1) is 15.5. The van der Waals surface area contributed by atoms with Gasteiger partial charge in [0.1, 0.15) is 0 Å². The molecule has 0 aromatic heterocycles. The van der Waals surface area contributed by atoms with E-state index >= 15 is 0 Å². The van der Waals surface area contributed by atoms with Gasteiger partial charge < -0.3 is 0 Å². The van der Waals surface area contributed by atoms with E-state index in [1.165, 1.54) is 11.1 Å². The number of halogens is 6. The molecule has 1 aromatic rings. The fourth-order valence-electron chi connectivity index (χ4n) is 0.770. The van der Waals surface area contributed by atoms with Crippen molar-refractivity contribution < 1.29 is 26.3 Å². The lowest BCUT2D eigenvalue weighted by Crippen LogP contribution is -2.08. The van der Waals surface area contributed by atoms with Crippen LogP contribution in [0.25, 0.3) is 0 Å². The Morgan fingerprint density at radius 3 is 1.35 bits per heavy atom. The topological polar surface area (TPSA) is 0 Å². The molecule has 0 N–H and O–H groups in total. The quantitative estimate of drug-likeness (QED) is 0.577. The number of hydrogen-bond acceptors (Lipinski definition) is 0. The van der Waals surface area contributed by atoms with Gasteiger partial charge >= 0.3 is 12.3 Å². The number of allylic oxidation sites excluding steroid dienone is 1. The zero-order chi connectivity index (χ0) is 13.6. The minimum atomic E-state index is -5.56. The van der Waals surface area contributed by atoms with Crippen LogP contribution >= 0.6 is 0 Å². The van der Waals surface area contributed by atoms with Crippen LogP contribution in [0.15, 0.2) is 36.2 Å². The van der Waals surface area contributed by atoms with E-state index in [-0.39, 0.29) is 0 Å². The molecule has 0 aliphatic rings. The predicted octanol–water partition coefficient (Wildman–Crippen LogP) is 4.93. The van der Waals surface area contributed by atoms with Gasteiger partial charge in [0.05, 0.1) is 0 Å². The molecule has 0 bridgehead atoms. The largest absolute Gasteiger partial charge is 0.448 e. The highest BCUT2D eigenvalue weighted by Crippen LogP contribution is 2.29. The molecule has 0 radical (unpaired) electrons. The van der Waals surface area contributed by atoms with Crippen molar-refractivity contribution in [1.82, 2.24) is 0 Å². The Morgan fingerprint density at radius 2 is 1.24 bits per heavy atom. The summed E-state index contributed by atoms with van der Waals surface area (Å²) in [5.41, 5.74) is 2.74. The van der Waals surface area contributed by atoms with Crippen LogP contribution in [0.4, 0.5) is 26.3 Å². The van der Waals surface area contributed by atoms with E-state index in [2.05, 4.69) is 38.1 Å². The van der Waals surface area contributed by atoms with Crippen molar-refractivity contribution in [3.8, 4) is 0 Å². The number of hydrogen-bond donors (Lipinski definition) is 0. The molecule has 6 heteroatoms. The van der Waals surface area contributed by atoms with Gasteiger partial charge in [-0.2, -0.15) is 26.3 Å². The van der Waals surface area contributed by atoms with Gasteiger partial charge in [-0.05, 0) is 25.0 Å². The third-order valence-corrected chi connectivity index (χ3v) is 1.84. The summed E-state index contributed by atoms with van der Waals surface area (Å²) in [6, 6.07) is 8.36. The molecule has 1 rings (SSSR count). The molecule has 96 valence electrons. The van der Waals surface area contributed by atoms with Crippen LogP contribution in [-0.4, -0.2) is 6.18 Å². The molecule has 17 heavy (non-hydrogen) atoms. The highest BCUT2D eigenvalue weighted by molar-refractivity contribution is 5.23. The van der Waals surface area contributed by atoms with Gasteiger partial charge in [-0.3, -0.25) is 0 Å². The molecule has 0 saturated heterocycles. The molecular weight excluding hydrogens is 246 g/mol. The van der Waals surface area contributed by atoms with E-state index in [1.54, 1.807) is 0 Å². The Balaban J connectivity index is 0.000000302. The average molecular weight is 256 g/mol. The first-order chi connectivity index (χ1) is 7.66. The Hall–Kier alpha value is -1.46. The SMILES string of the molecule is Cc1ccccc1C.FC(F)=C(F)C(F)(F)F. The molecule has 1 aromatic carbocycles. The smallest absolute Gasteiger partial charge is 0.196 e. The summed E-state index contributed by atoms with van der Waals surface area (Å²) in [4.78, 5) is 0. The first-order valence-corrected chi connectivity index (χ1v) is 4.46. The molecule has 0 amide bonds. The summed E-state index contributed by atoms with van der Waals surface area (Å²) in [7, 11) is 0.